The molecule has 2 aromatic rings. The van der Waals surface area contributed by atoms with Crippen molar-refractivity contribution in [1.29, 1.82) is 0 Å². The van der Waals surface area contributed by atoms with Crippen molar-refractivity contribution in [2.24, 2.45) is 0 Å². The first kappa shape index (κ1) is 20.4. The van der Waals surface area contributed by atoms with E-state index in [-0.39, 0.29) is 12.0 Å². The molecule has 4 rings (SSSR count). The minimum absolute atomic E-state index is 0.115. The number of carbonyl (C=O) groups is 1. The second kappa shape index (κ2) is 9.28. The lowest BCUT2D eigenvalue weighted by Crippen LogP contribution is -2.53. The summed E-state index contributed by atoms with van der Waals surface area (Å²) in [6.07, 6.45) is 0.628. The van der Waals surface area contributed by atoms with Crippen LogP contribution in [-0.2, 0) is 16.0 Å². The van der Waals surface area contributed by atoms with E-state index in [4.69, 9.17) is 4.74 Å². The Morgan fingerprint density at radius 3 is 2.66 bits per heavy atom. The minimum Gasteiger partial charge on any atom is -0.373 e. The van der Waals surface area contributed by atoms with E-state index in [1.54, 1.807) is 11.3 Å². The molecule has 0 bridgehead atoms. The van der Waals surface area contributed by atoms with Gasteiger partial charge in [0.25, 0.3) is 0 Å². The highest BCUT2D eigenvalue weighted by Gasteiger charge is 2.27. The van der Waals surface area contributed by atoms with E-state index >= 15 is 0 Å². The van der Waals surface area contributed by atoms with Gasteiger partial charge in [-0.3, -0.25) is 9.69 Å². The zero-order chi connectivity index (χ0) is 20.2. The first-order chi connectivity index (χ1) is 14.1. The van der Waals surface area contributed by atoms with Gasteiger partial charge in [0, 0.05) is 56.4 Å². The normalized spacial score (nSPS) is 20.8. The molecule has 2 saturated heterocycles. The number of morpholine rings is 1. The van der Waals surface area contributed by atoms with Crippen molar-refractivity contribution in [2.75, 3.05) is 57.3 Å². The topological polar surface area (TPSA) is 36.0 Å². The number of amides is 1. The summed E-state index contributed by atoms with van der Waals surface area (Å²) in [5.41, 5.74) is 4.03. The maximum Gasteiger partial charge on any atom is 0.227 e. The van der Waals surface area contributed by atoms with Crippen LogP contribution in [0.3, 0.4) is 0 Å². The number of carbonyl (C=O) groups excluding carboxylic acids is 1. The summed E-state index contributed by atoms with van der Waals surface area (Å²) in [5, 5.41) is 2.03. The maximum absolute atomic E-state index is 12.6. The van der Waals surface area contributed by atoms with Gasteiger partial charge in [-0.05, 0) is 48.6 Å². The molecule has 29 heavy (non-hydrogen) atoms. The van der Waals surface area contributed by atoms with Gasteiger partial charge in [-0.1, -0.05) is 12.1 Å². The molecule has 1 aromatic heterocycles. The smallest absolute Gasteiger partial charge is 0.227 e. The van der Waals surface area contributed by atoms with Gasteiger partial charge in [-0.25, -0.2) is 0 Å². The summed E-state index contributed by atoms with van der Waals surface area (Å²) in [5.74, 6) is 0.223. The molecule has 156 valence electrons. The molecule has 2 aliphatic heterocycles. The molecule has 0 spiro atoms. The van der Waals surface area contributed by atoms with Crippen molar-refractivity contribution in [3.05, 3.63) is 51.7 Å². The first-order valence-corrected chi connectivity index (χ1v) is 11.4. The number of ether oxygens (including phenoxy) is 1. The monoisotopic (exact) mass is 413 g/mol. The van der Waals surface area contributed by atoms with E-state index in [0.717, 1.165) is 37.6 Å². The number of nitrogens with zero attached hydrogens (tertiary/aromatic N) is 3. The number of thiophene rings is 1. The molecule has 0 radical (unpaired) electrons. The van der Waals surface area contributed by atoms with E-state index in [1.807, 2.05) is 22.4 Å². The van der Waals surface area contributed by atoms with E-state index < -0.39 is 0 Å². The number of rotatable bonds is 5. The molecular formula is C23H31N3O2S. The van der Waals surface area contributed by atoms with Gasteiger partial charge in [-0.2, -0.15) is 0 Å². The molecule has 1 atom stereocenters. The van der Waals surface area contributed by atoms with Crippen LogP contribution < -0.4 is 4.90 Å². The predicted octanol–water partition coefficient (Wildman–Crippen LogP) is 2.96. The summed E-state index contributed by atoms with van der Waals surface area (Å²) >= 11 is 1.65. The number of hydrogen-bond acceptors (Lipinski definition) is 5. The van der Waals surface area contributed by atoms with E-state index in [2.05, 4.69) is 41.8 Å². The molecule has 1 aromatic carbocycles. The fourth-order valence-electron chi connectivity index (χ4n) is 4.13. The molecule has 1 amide bonds. The number of anilines is 1. The van der Waals surface area contributed by atoms with Gasteiger partial charge in [0.15, 0.2) is 0 Å². The standard InChI is InChI=1S/C23H31N3O2S/c1-18-5-6-20(14-19(18)2)25-9-7-24(8-10-25)16-21-17-26(11-12-28-21)23(27)15-22-4-3-13-29-22/h3-6,13-14,21H,7-12,15-17H2,1-2H3. The Balaban J connectivity index is 1.25. The molecular weight excluding hydrogens is 382 g/mol. The van der Waals surface area contributed by atoms with Crippen LogP contribution in [-0.4, -0.2) is 74.2 Å². The van der Waals surface area contributed by atoms with Crippen LogP contribution in [0.4, 0.5) is 5.69 Å². The third-order valence-electron chi connectivity index (χ3n) is 6.09. The third-order valence-corrected chi connectivity index (χ3v) is 6.96. The lowest BCUT2D eigenvalue weighted by Gasteiger charge is -2.40. The number of hydrogen-bond donors (Lipinski definition) is 0. The average Bonchev–Trinajstić information content (AvgIpc) is 3.24. The zero-order valence-corrected chi connectivity index (χ0v) is 18.3. The van der Waals surface area contributed by atoms with Gasteiger partial charge in [0.1, 0.15) is 0 Å². The van der Waals surface area contributed by atoms with Gasteiger partial charge >= 0.3 is 0 Å². The summed E-state index contributed by atoms with van der Waals surface area (Å²) in [4.78, 5) is 20.7. The molecule has 3 heterocycles. The molecule has 1 unspecified atom stereocenters. The number of piperazine rings is 1. The van der Waals surface area contributed by atoms with Crippen molar-refractivity contribution in [3.8, 4) is 0 Å². The van der Waals surface area contributed by atoms with Crippen LogP contribution in [0, 0.1) is 13.8 Å². The van der Waals surface area contributed by atoms with Crippen LogP contribution in [0.15, 0.2) is 35.7 Å². The van der Waals surface area contributed by atoms with Crippen molar-refractivity contribution in [3.63, 3.8) is 0 Å². The molecule has 0 N–H and O–H groups in total. The molecule has 5 nitrogen and oxygen atoms in total. The Hall–Kier alpha value is -1.89. The quantitative estimate of drug-likeness (QED) is 0.755. The Bertz CT molecular complexity index is 816. The predicted molar refractivity (Wildman–Crippen MR) is 119 cm³/mol. The van der Waals surface area contributed by atoms with Crippen molar-refractivity contribution in [1.82, 2.24) is 9.80 Å². The van der Waals surface area contributed by atoms with E-state index in [1.165, 1.54) is 16.8 Å². The molecule has 0 aliphatic carbocycles. The second-order valence-electron chi connectivity index (χ2n) is 8.14. The maximum atomic E-state index is 12.6. The molecule has 0 saturated carbocycles. The van der Waals surface area contributed by atoms with Crippen molar-refractivity contribution < 1.29 is 9.53 Å². The van der Waals surface area contributed by atoms with Crippen LogP contribution in [0.1, 0.15) is 16.0 Å². The molecule has 2 aliphatic rings. The Kier molecular flexibility index (Phi) is 6.53. The molecule has 2 fully saturated rings. The number of aryl methyl sites for hydroxylation is 2. The SMILES string of the molecule is Cc1ccc(N2CCN(CC3CN(C(=O)Cc4cccs4)CCO3)CC2)cc1C. The van der Waals surface area contributed by atoms with E-state index in [9.17, 15) is 4.79 Å². The van der Waals surface area contributed by atoms with Gasteiger partial charge in [0.2, 0.25) is 5.91 Å². The fraction of sp³-hybridized carbons (Fsp3) is 0.522. The molecule has 6 heteroatoms. The zero-order valence-electron chi connectivity index (χ0n) is 17.5. The van der Waals surface area contributed by atoms with Crippen molar-refractivity contribution in [2.45, 2.75) is 26.4 Å². The average molecular weight is 414 g/mol. The van der Waals surface area contributed by atoms with E-state index in [0.29, 0.717) is 26.1 Å². The van der Waals surface area contributed by atoms with Crippen LogP contribution in [0.5, 0.6) is 0 Å². The van der Waals surface area contributed by atoms with Crippen LogP contribution >= 0.6 is 11.3 Å². The van der Waals surface area contributed by atoms with Gasteiger partial charge in [-0.15, -0.1) is 11.3 Å². The highest BCUT2D eigenvalue weighted by molar-refractivity contribution is 7.10. The third kappa shape index (κ3) is 5.18. The largest absolute Gasteiger partial charge is 0.373 e. The van der Waals surface area contributed by atoms with Gasteiger partial charge in [0.05, 0.1) is 19.1 Å². The Morgan fingerprint density at radius 1 is 1.10 bits per heavy atom. The van der Waals surface area contributed by atoms with Crippen LogP contribution in [0.25, 0.3) is 0 Å². The first-order valence-electron chi connectivity index (χ1n) is 10.5. The summed E-state index contributed by atoms with van der Waals surface area (Å²) in [7, 11) is 0. The fourth-order valence-corrected chi connectivity index (χ4v) is 4.83. The van der Waals surface area contributed by atoms with Crippen LogP contribution in [0.2, 0.25) is 0 Å². The second-order valence-corrected chi connectivity index (χ2v) is 9.18. The minimum atomic E-state index is 0.115. The summed E-state index contributed by atoms with van der Waals surface area (Å²) < 4.78 is 5.99. The highest BCUT2D eigenvalue weighted by atomic mass is 32.1. The summed E-state index contributed by atoms with van der Waals surface area (Å²) in [6, 6.07) is 10.8. The lowest BCUT2D eigenvalue weighted by atomic mass is 10.1. The van der Waals surface area contributed by atoms with Crippen molar-refractivity contribution >= 4 is 22.9 Å². The highest BCUT2D eigenvalue weighted by Crippen LogP contribution is 2.21. The van der Waals surface area contributed by atoms with Gasteiger partial charge < -0.3 is 14.5 Å². The Morgan fingerprint density at radius 2 is 1.93 bits per heavy atom. The lowest BCUT2D eigenvalue weighted by molar-refractivity contribution is -0.138. The Labute approximate surface area is 177 Å². The summed E-state index contributed by atoms with van der Waals surface area (Å²) in [6.45, 7) is 11.5. The number of benzene rings is 1.